The second-order valence-corrected chi connectivity index (χ2v) is 7.26. The van der Waals surface area contributed by atoms with Crippen molar-refractivity contribution in [2.24, 2.45) is 10.8 Å². The third kappa shape index (κ3) is 2.16. The van der Waals surface area contributed by atoms with E-state index >= 15 is 0 Å². The molecule has 0 saturated heterocycles. The monoisotopic (exact) mass is 327 g/mol. The SMILES string of the molecule is O=C(NC1(C(=O)O)CC2(CC3(CC(F)(F)C3)C2)C1)C(F)(F)F. The number of carboxylic acid groups (broad SMARTS) is 1. The minimum Gasteiger partial charge on any atom is -0.480 e. The van der Waals surface area contributed by atoms with Gasteiger partial charge >= 0.3 is 18.1 Å². The normalized spacial score (nSPS) is 29.1. The van der Waals surface area contributed by atoms with E-state index in [0.29, 0.717) is 12.8 Å². The van der Waals surface area contributed by atoms with Gasteiger partial charge in [-0.15, -0.1) is 0 Å². The molecule has 2 spiro atoms. The Hall–Kier alpha value is -1.41. The highest BCUT2D eigenvalue weighted by molar-refractivity contribution is 5.90. The molecular formula is C13H14F5NO3. The molecule has 3 saturated carbocycles. The summed E-state index contributed by atoms with van der Waals surface area (Å²) in [6.07, 6.45) is -5.11. The van der Waals surface area contributed by atoms with Gasteiger partial charge in [0.1, 0.15) is 5.54 Å². The van der Waals surface area contributed by atoms with Crippen molar-refractivity contribution < 1.29 is 36.6 Å². The van der Waals surface area contributed by atoms with Crippen molar-refractivity contribution in [1.29, 1.82) is 0 Å². The lowest BCUT2D eigenvalue weighted by Crippen LogP contribution is -2.73. The van der Waals surface area contributed by atoms with E-state index in [1.54, 1.807) is 5.32 Å². The molecule has 0 aromatic carbocycles. The zero-order chi connectivity index (χ0) is 16.6. The molecule has 0 aromatic heterocycles. The maximum atomic E-state index is 12.9. The first kappa shape index (κ1) is 15.5. The number of rotatable bonds is 2. The minimum atomic E-state index is -5.15. The molecule has 2 N–H and O–H groups in total. The molecule has 22 heavy (non-hydrogen) atoms. The van der Waals surface area contributed by atoms with E-state index in [-0.39, 0.29) is 25.7 Å². The summed E-state index contributed by atoms with van der Waals surface area (Å²) in [7, 11) is 0. The molecule has 0 radical (unpaired) electrons. The van der Waals surface area contributed by atoms with Crippen LogP contribution in [0, 0.1) is 10.8 Å². The molecule has 3 aliphatic rings. The molecule has 0 bridgehead atoms. The van der Waals surface area contributed by atoms with Gasteiger partial charge in [0.2, 0.25) is 5.92 Å². The maximum absolute atomic E-state index is 12.9. The van der Waals surface area contributed by atoms with Gasteiger partial charge in [0.05, 0.1) is 0 Å². The summed E-state index contributed by atoms with van der Waals surface area (Å²) in [5.41, 5.74) is -2.93. The van der Waals surface area contributed by atoms with Gasteiger partial charge in [0, 0.05) is 12.8 Å². The standard InChI is InChI=1S/C13H14F5NO3/c14-12(15)5-10(6-12)1-9(2-10)3-11(4-9,8(21)22)19-7(20)13(16,17)18/h1-6H2,(H,19,20)(H,21,22). The first-order valence-corrected chi connectivity index (χ1v) is 6.82. The number of aliphatic carboxylic acids is 1. The lowest BCUT2D eigenvalue weighted by molar-refractivity contribution is -0.261. The van der Waals surface area contributed by atoms with Gasteiger partial charge in [-0.2, -0.15) is 13.2 Å². The minimum absolute atomic E-state index is 0.134. The van der Waals surface area contributed by atoms with E-state index in [9.17, 15) is 31.5 Å². The van der Waals surface area contributed by atoms with E-state index in [2.05, 4.69) is 0 Å². The average Bonchev–Trinajstić information content (AvgIpc) is 2.18. The first-order chi connectivity index (χ1) is 9.81. The Kier molecular flexibility index (Phi) is 2.75. The van der Waals surface area contributed by atoms with Crippen LogP contribution in [-0.4, -0.2) is 34.6 Å². The third-order valence-electron chi connectivity index (χ3n) is 5.14. The van der Waals surface area contributed by atoms with Crippen LogP contribution in [0.15, 0.2) is 0 Å². The lowest BCUT2D eigenvalue weighted by Gasteiger charge is -2.70. The van der Waals surface area contributed by atoms with Gasteiger partial charge in [0.15, 0.2) is 0 Å². The van der Waals surface area contributed by atoms with Crippen molar-refractivity contribution in [3.63, 3.8) is 0 Å². The van der Waals surface area contributed by atoms with E-state index in [0.717, 1.165) is 0 Å². The summed E-state index contributed by atoms with van der Waals surface area (Å²) < 4.78 is 62.7. The second kappa shape index (κ2) is 3.91. The van der Waals surface area contributed by atoms with Crippen molar-refractivity contribution >= 4 is 11.9 Å². The smallest absolute Gasteiger partial charge is 0.471 e. The van der Waals surface area contributed by atoms with E-state index < -0.39 is 40.3 Å². The largest absolute Gasteiger partial charge is 0.480 e. The second-order valence-electron chi connectivity index (χ2n) is 7.26. The molecule has 0 aromatic rings. The molecule has 0 atom stereocenters. The van der Waals surface area contributed by atoms with Crippen molar-refractivity contribution in [2.75, 3.05) is 0 Å². The zero-order valence-corrected chi connectivity index (χ0v) is 11.4. The highest BCUT2D eigenvalue weighted by Crippen LogP contribution is 2.75. The third-order valence-corrected chi connectivity index (χ3v) is 5.14. The summed E-state index contributed by atoms with van der Waals surface area (Å²) in [6.45, 7) is 0. The summed E-state index contributed by atoms with van der Waals surface area (Å²) in [5.74, 6) is -6.48. The predicted molar refractivity (Wildman–Crippen MR) is 62.1 cm³/mol. The number of carboxylic acids is 1. The Balaban J connectivity index is 1.62. The van der Waals surface area contributed by atoms with Gasteiger partial charge in [-0.05, 0) is 36.5 Å². The molecular weight excluding hydrogens is 313 g/mol. The molecule has 0 unspecified atom stereocenters. The Morgan fingerprint density at radius 2 is 1.36 bits per heavy atom. The van der Waals surface area contributed by atoms with Crippen molar-refractivity contribution in [2.45, 2.75) is 56.2 Å². The van der Waals surface area contributed by atoms with Gasteiger partial charge in [-0.1, -0.05) is 0 Å². The van der Waals surface area contributed by atoms with Gasteiger partial charge < -0.3 is 10.4 Å². The Morgan fingerprint density at radius 1 is 0.909 bits per heavy atom. The number of nitrogens with one attached hydrogen (secondary N) is 1. The van der Waals surface area contributed by atoms with Crippen LogP contribution in [0.2, 0.25) is 0 Å². The van der Waals surface area contributed by atoms with Crippen molar-refractivity contribution in [1.82, 2.24) is 5.32 Å². The van der Waals surface area contributed by atoms with Crippen LogP contribution in [-0.2, 0) is 9.59 Å². The van der Waals surface area contributed by atoms with E-state index in [1.165, 1.54) is 0 Å². The van der Waals surface area contributed by atoms with E-state index in [1.807, 2.05) is 0 Å². The first-order valence-electron chi connectivity index (χ1n) is 6.82. The van der Waals surface area contributed by atoms with Crippen LogP contribution in [0.25, 0.3) is 0 Å². The Bertz CT molecular complexity index is 532. The van der Waals surface area contributed by atoms with Crippen LogP contribution < -0.4 is 5.32 Å². The van der Waals surface area contributed by atoms with E-state index in [4.69, 9.17) is 5.11 Å². The van der Waals surface area contributed by atoms with Crippen molar-refractivity contribution in [3.8, 4) is 0 Å². The molecule has 0 heterocycles. The van der Waals surface area contributed by atoms with Gasteiger partial charge in [-0.3, -0.25) is 4.79 Å². The van der Waals surface area contributed by atoms with Crippen LogP contribution in [0.4, 0.5) is 22.0 Å². The number of alkyl halides is 5. The lowest BCUT2D eigenvalue weighted by atomic mass is 9.36. The Morgan fingerprint density at radius 3 is 1.73 bits per heavy atom. The summed E-state index contributed by atoms with van der Waals surface area (Å²) in [4.78, 5) is 22.2. The van der Waals surface area contributed by atoms with Gasteiger partial charge in [-0.25, -0.2) is 13.6 Å². The zero-order valence-electron chi connectivity index (χ0n) is 11.4. The summed E-state index contributed by atoms with van der Waals surface area (Å²) in [5, 5.41) is 10.7. The molecule has 9 heteroatoms. The Labute approximate surface area is 122 Å². The maximum Gasteiger partial charge on any atom is 0.471 e. The fraction of sp³-hybridized carbons (Fsp3) is 0.846. The molecule has 124 valence electrons. The average molecular weight is 327 g/mol. The quantitative estimate of drug-likeness (QED) is 0.766. The highest BCUT2D eigenvalue weighted by Gasteiger charge is 2.73. The summed E-state index contributed by atoms with van der Waals surface area (Å²) >= 11 is 0. The number of hydrogen-bond donors (Lipinski definition) is 2. The molecule has 3 aliphatic carbocycles. The molecule has 4 nitrogen and oxygen atoms in total. The van der Waals surface area contributed by atoms with Crippen molar-refractivity contribution in [3.05, 3.63) is 0 Å². The predicted octanol–water partition coefficient (Wildman–Crippen LogP) is 2.48. The summed E-state index contributed by atoms with van der Waals surface area (Å²) in [6, 6.07) is 0. The fourth-order valence-electron chi connectivity index (χ4n) is 4.89. The molecule has 1 amide bonds. The molecule has 3 rings (SSSR count). The van der Waals surface area contributed by atoms with Crippen LogP contribution in [0.3, 0.4) is 0 Å². The number of hydrogen-bond acceptors (Lipinski definition) is 2. The number of halogens is 5. The highest BCUT2D eigenvalue weighted by atomic mass is 19.4. The fourth-order valence-corrected chi connectivity index (χ4v) is 4.89. The van der Waals surface area contributed by atoms with Crippen LogP contribution in [0.1, 0.15) is 38.5 Å². The number of carbonyl (C=O) groups is 2. The van der Waals surface area contributed by atoms with Crippen LogP contribution in [0.5, 0.6) is 0 Å². The number of carbonyl (C=O) groups excluding carboxylic acids is 1. The molecule has 3 fully saturated rings. The van der Waals surface area contributed by atoms with Crippen LogP contribution >= 0.6 is 0 Å². The number of amides is 1. The van der Waals surface area contributed by atoms with Gasteiger partial charge in [0.25, 0.3) is 0 Å². The topological polar surface area (TPSA) is 66.4 Å². The molecule has 0 aliphatic heterocycles.